The van der Waals surface area contributed by atoms with Crippen molar-refractivity contribution in [2.45, 2.75) is 0 Å². The molecule has 0 saturated heterocycles. The predicted molar refractivity (Wildman–Crippen MR) is 98.6 cm³/mol. The Bertz CT molecular complexity index is 1010. The quantitative estimate of drug-likeness (QED) is 0.552. The predicted octanol–water partition coefficient (Wildman–Crippen LogP) is 5.11. The molecule has 0 saturated carbocycles. The number of aromatic amines is 1. The molecule has 1 aromatic heterocycles. The van der Waals surface area contributed by atoms with Gasteiger partial charge in [-0.1, -0.05) is 54.6 Å². The van der Waals surface area contributed by atoms with E-state index in [4.69, 9.17) is 0 Å². The summed E-state index contributed by atoms with van der Waals surface area (Å²) < 4.78 is 0. The lowest BCUT2D eigenvalue weighted by molar-refractivity contribution is 0.475. The molecule has 3 aromatic carbocycles. The molecule has 0 aliphatic carbocycles. The number of benzene rings is 3. The Morgan fingerprint density at radius 1 is 0.792 bits per heavy atom. The Morgan fingerprint density at radius 3 is 2.42 bits per heavy atom. The molecule has 3 heteroatoms. The van der Waals surface area contributed by atoms with Crippen LogP contribution in [0.1, 0.15) is 11.3 Å². The number of nitrogens with zero attached hydrogens (tertiary/aromatic N) is 1. The minimum atomic E-state index is 0.269. The average Bonchev–Trinajstić information content (AvgIpc) is 3.10. The van der Waals surface area contributed by atoms with Crippen molar-refractivity contribution in [1.82, 2.24) is 10.2 Å². The number of nitrogens with one attached hydrogen (secondary N) is 1. The summed E-state index contributed by atoms with van der Waals surface area (Å²) in [6.45, 7) is 0. The van der Waals surface area contributed by atoms with Gasteiger partial charge in [0.05, 0.1) is 11.4 Å². The molecule has 0 bridgehead atoms. The minimum absolute atomic E-state index is 0.269. The lowest BCUT2D eigenvalue weighted by Crippen LogP contribution is -1.78. The van der Waals surface area contributed by atoms with E-state index in [1.54, 1.807) is 12.1 Å². The zero-order chi connectivity index (χ0) is 16.4. The number of hydrogen-bond acceptors (Lipinski definition) is 2. The number of phenolic OH excluding ortho intramolecular Hbond substituents is 1. The number of H-pyrrole nitrogens is 1. The highest BCUT2D eigenvalue weighted by atomic mass is 16.3. The summed E-state index contributed by atoms with van der Waals surface area (Å²) in [7, 11) is 0. The summed E-state index contributed by atoms with van der Waals surface area (Å²) in [5, 5.41) is 19.2. The van der Waals surface area contributed by atoms with Gasteiger partial charge in [0.2, 0.25) is 0 Å². The largest absolute Gasteiger partial charge is 0.508 e. The van der Waals surface area contributed by atoms with E-state index in [1.807, 2.05) is 42.5 Å². The first kappa shape index (κ1) is 14.3. The Hall–Kier alpha value is -3.33. The highest BCUT2D eigenvalue weighted by molar-refractivity contribution is 5.87. The van der Waals surface area contributed by atoms with E-state index in [1.165, 1.54) is 10.8 Å². The van der Waals surface area contributed by atoms with Crippen LogP contribution < -0.4 is 0 Å². The summed E-state index contributed by atoms with van der Waals surface area (Å²) in [4.78, 5) is 0. The van der Waals surface area contributed by atoms with E-state index in [-0.39, 0.29) is 5.75 Å². The van der Waals surface area contributed by atoms with Crippen LogP contribution in [-0.4, -0.2) is 15.3 Å². The Balaban J connectivity index is 1.60. The molecule has 0 amide bonds. The first-order valence-corrected chi connectivity index (χ1v) is 7.80. The fourth-order valence-electron chi connectivity index (χ4n) is 2.69. The third kappa shape index (κ3) is 2.92. The van der Waals surface area contributed by atoms with E-state index < -0.39 is 0 Å². The maximum atomic E-state index is 9.31. The third-order valence-electron chi connectivity index (χ3n) is 4.00. The standard InChI is InChI=1S/C21H16N2O/c24-20-11-6-15(7-12-20)5-10-19-14-21(23-22-19)18-9-8-16-3-1-2-4-17(16)13-18/h1-14,24H,(H,22,23)/b10-5+. The van der Waals surface area contributed by atoms with Crippen LogP contribution >= 0.6 is 0 Å². The van der Waals surface area contributed by atoms with Crippen LogP contribution in [0.5, 0.6) is 5.75 Å². The lowest BCUT2D eigenvalue weighted by atomic mass is 10.1. The van der Waals surface area contributed by atoms with Crippen molar-refractivity contribution < 1.29 is 5.11 Å². The van der Waals surface area contributed by atoms with E-state index in [2.05, 4.69) is 40.5 Å². The molecule has 4 aromatic rings. The van der Waals surface area contributed by atoms with Gasteiger partial charge in [-0.2, -0.15) is 5.10 Å². The second-order valence-electron chi connectivity index (χ2n) is 5.69. The van der Waals surface area contributed by atoms with Gasteiger partial charge < -0.3 is 5.11 Å². The van der Waals surface area contributed by atoms with Crippen molar-refractivity contribution in [3.8, 4) is 17.0 Å². The Kier molecular flexibility index (Phi) is 3.60. The van der Waals surface area contributed by atoms with E-state index in [0.717, 1.165) is 22.5 Å². The highest BCUT2D eigenvalue weighted by Gasteiger charge is 2.03. The fourth-order valence-corrected chi connectivity index (χ4v) is 2.69. The van der Waals surface area contributed by atoms with Crippen molar-refractivity contribution in [2.24, 2.45) is 0 Å². The van der Waals surface area contributed by atoms with Gasteiger partial charge in [0.25, 0.3) is 0 Å². The number of hydrogen-bond donors (Lipinski definition) is 2. The number of aromatic nitrogens is 2. The summed E-state index contributed by atoms with van der Waals surface area (Å²) in [5.41, 5.74) is 3.99. The SMILES string of the molecule is Oc1ccc(/C=C/c2cc(-c3ccc4ccccc4c3)[nH]n2)cc1. The summed E-state index contributed by atoms with van der Waals surface area (Å²) >= 11 is 0. The van der Waals surface area contributed by atoms with Crippen LogP contribution in [0.3, 0.4) is 0 Å². The number of phenols is 1. The van der Waals surface area contributed by atoms with E-state index in [9.17, 15) is 5.11 Å². The molecular formula is C21H16N2O. The van der Waals surface area contributed by atoms with Crippen molar-refractivity contribution >= 4 is 22.9 Å². The summed E-state index contributed by atoms with van der Waals surface area (Å²) in [6.07, 6.45) is 3.92. The first-order chi connectivity index (χ1) is 11.8. The van der Waals surface area contributed by atoms with Crippen LogP contribution in [-0.2, 0) is 0 Å². The van der Waals surface area contributed by atoms with Gasteiger partial charge in [-0.05, 0) is 46.7 Å². The Morgan fingerprint density at radius 2 is 1.58 bits per heavy atom. The topological polar surface area (TPSA) is 48.9 Å². The van der Waals surface area contributed by atoms with Gasteiger partial charge in [0.1, 0.15) is 5.75 Å². The normalized spacial score (nSPS) is 11.3. The first-order valence-electron chi connectivity index (χ1n) is 7.80. The van der Waals surface area contributed by atoms with Crippen LogP contribution in [0.4, 0.5) is 0 Å². The summed E-state index contributed by atoms with van der Waals surface area (Å²) in [6, 6.07) is 23.8. The van der Waals surface area contributed by atoms with Crippen molar-refractivity contribution in [2.75, 3.05) is 0 Å². The molecule has 0 aliphatic rings. The molecule has 0 aliphatic heterocycles. The molecule has 0 atom stereocenters. The highest BCUT2D eigenvalue weighted by Crippen LogP contribution is 2.24. The average molecular weight is 312 g/mol. The zero-order valence-electron chi connectivity index (χ0n) is 13.0. The molecule has 3 nitrogen and oxygen atoms in total. The lowest BCUT2D eigenvalue weighted by Gasteiger charge is -2.00. The van der Waals surface area contributed by atoms with Crippen LogP contribution in [0, 0.1) is 0 Å². The van der Waals surface area contributed by atoms with Crippen molar-refractivity contribution in [1.29, 1.82) is 0 Å². The second kappa shape index (κ2) is 6.05. The van der Waals surface area contributed by atoms with Gasteiger partial charge >= 0.3 is 0 Å². The van der Waals surface area contributed by atoms with Gasteiger partial charge in [-0.3, -0.25) is 5.10 Å². The van der Waals surface area contributed by atoms with Crippen LogP contribution in [0.2, 0.25) is 0 Å². The van der Waals surface area contributed by atoms with Gasteiger partial charge in [-0.15, -0.1) is 0 Å². The Labute approximate surface area is 139 Å². The number of aromatic hydroxyl groups is 1. The fraction of sp³-hybridized carbons (Fsp3) is 0. The van der Waals surface area contributed by atoms with Crippen molar-refractivity contribution in [3.63, 3.8) is 0 Å². The number of fused-ring (bicyclic) bond motifs is 1. The molecule has 116 valence electrons. The third-order valence-corrected chi connectivity index (χ3v) is 4.00. The molecular weight excluding hydrogens is 296 g/mol. The van der Waals surface area contributed by atoms with Gasteiger partial charge in [0.15, 0.2) is 0 Å². The maximum absolute atomic E-state index is 9.31. The zero-order valence-corrected chi connectivity index (χ0v) is 13.0. The monoisotopic (exact) mass is 312 g/mol. The molecule has 1 heterocycles. The van der Waals surface area contributed by atoms with Gasteiger partial charge in [0, 0.05) is 5.56 Å². The molecule has 0 spiro atoms. The molecule has 0 unspecified atom stereocenters. The maximum Gasteiger partial charge on any atom is 0.115 e. The molecule has 2 N–H and O–H groups in total. The molecule has 24 heavy (non-hydrogen) atoms. The van der Waals surface area contributed by atoms with Crippen LogP contribution in [0.15, 0.2) is 72.8 Å². The molecule has 0 radical (unpaired) electrons. The smallest absolute Gasteiger partial charge is 0.115 e. The molecule has 0 fully saturated rings. The van der Waals surface area contributed by atoms with Crippen LogP contribution in [0.25, 0.3) is 34.2 Å². The second-order valence-corrected chi connectivity index (χ2v) is 5.69. The minimum Gasteiger partial charge on any atom is -0.508 e. The molecule has 4 rings (SSSR count). The van der Waals surface area contributed by atoms with Gasteiger partial charge in [-0.25, -0.2) is 0 Å². The number of rotatable bonds is 3. The summed E-state index contributed by atoms with van der Waals surface area (Å²) in [5.74, 6) is 0.269. The van der Waals surface area contributed by atoms with Crippen molar-refractivity contribution in [3.05, 3.63) is 84.1 Å². The van der Waals surface area contributed by atoms with E-state index in [0.29, 0.717) is 0 Å². The van der Waals surface area contributed by atoms with E-state index >= 15 is 0 Å².